The van der Waals surface area contributed by atoms with Gasteiger partial charge in [-0.1, -0.05) is 25.1 Å². The number of rotatable bonds is 5. The Labute approximate surface area is 160 Å². The second kappa shape index (κ2) is 8.25. The first-order chi connectivity index (χ1) is 13.0. The summed E-state index contributed by atoms with van der Waals surface area (Å²) < 4.78 is 0. The van der Waals surface area contributed by atoms with E-state index in [1.807, 2.05) is 31.2 Å². The first kappa shape index (κ1) is 19.0. The molecule has 2 N–H and O–H groups in total. The number of benzene rings is 2. The van der Waals surface area contributed by atoms with Gasteiger partial charge in [-0.05, 0) is 67.0 Å². The van der Waals surface area contributed by atoms with Gasteiger partial charge in [0.25, 0.3) is 5.91 Å². The summed E-state index contributed by atoms with van der Waals surface area (Å²) in [7, 11) is 1.58. The third-order valence-corrected chi connectivity index (χ3v) is 5.09. The number of amides is 2. The molecule has 3 rings (SSSR count). The Hall–Kier alpha value is -2.82. The Morgan fingerprint density at radius 3 is 2.48 bits per heavy atom. The topological polar surface area (TPSA) is 69.6 Å². The highest BCUT2D eigenvalue weighted by Crippen LogP contribution is 2.29. The van der Waals surface area contributed by atoms with Gasteiger partial charge >= 0.3 is 0 Å². The second-order valence-corrected chi connectivity index (χ2v) is 7.07. The fraction of sp³-hybridized carbons (Fsp3) is 0.364. The van der Waals surface area contributed by atoms with E-state index in [-0.39, 0.29) is 29.7 Å². The fourth-order valence-corrected chi connectivity index (χ4v) is 3.58. The lowest BCUT2D eigenvalue weighted by Gasteiger charge is -2.21. The summed E-state index contributed by atoms with van der Waals surface area (Å²) in [6.07, 6.45) is 4.88. The van der Waals surface area contributed by atoms with Gasteiger partial charge in [-0.3, -0.25) is 9.59 Å². The van der Waals surface area contributed by atoms with E-state index in [2.05, 4.69) is 5.32 Å². The molecular formula is C22H26N2O3. The number of nitrogens with zero attached hydrogens (tertiary/aromatic N) is 1. The van der Waals surface area contributed by atoms with Crippen LogP contribution in [0.25, 0.3) is 0 Å². The number of carbonyl (C=O) groups is 2. The number of nitrogens with one attached hydrogen (secondary N) is 1. The van der Waals surface area contributed by atoms with Gasteiger partial charge < -0.3 is 15.3 Å². The predicted octanol–water partition coefficient (Wildman–Crippen LogP) is 3.54. The van der Waals surface area contributed by atoms with Gasteiger partial charge in [0, 0.05) is 12.7 Å². The monoisotopic (exact) mass is 366 g/mol. The molecule has 0 spiro atoms. The minimum Gasteiger partial charge on any atom is -0.507 e. The Kier molecular flexibility index (Phi) is 5.79. The van der Waals surface area contributed by atoms with Crippen LogP contribution in [-0.2, 0) is 24.1 Å². The summed E-state index contributed by atoms with van der Waals surface area (Å²) in [6.45, 7) is 1.95. The zero-order valence-electron chi connectivity index (χ0n) is 15.9. The standard InChI is InChI=1S/C22H26N2O3/c1-3-15-8-6-7-11-19(15)23-21(26)14-24(2)22(27)18-12-16-9-4-5-10-17(16)13-20(18)25/h6-8,11-13,25H,3-5,9-10,14H2,1-2H3,(H,23,26). The van der Waals surface area contributed by atoms with E-state index in [0.717, 1.165) is 54.5 Å². The predicted molar refractivity (Wildman–Crippen MR) is 106 cm³/mol. The van der Waals surface area contributed by atoms with Crippen LogP contribution in [0.5, 0.6) is 5.75 Å². The van der Waals surface area contributed by atoms with Crippen molar-refractivity contribution >= 4 is 17.5 Å². The third-order valence-electron chi connectivity index (χ3n) is 5.09. The van der Waals surface area contributed by atoms with Gasteiger partial charge in [0.1, 0.15) is 5.75 Å². The molecule has 142 valence electrons. The first-order valence-corrected chi connectivity index (χ1v) is 9.47. The van der Waals surface area contributed by atoms with Crippen molar-refractivity contribution in [3.05, 3.63) is 58.7 Å². The van der Waals surface area contributed by atoms with Crippen LogP contribution in [0.4, 0.5) is 5.69 Å². The van der Waals surface area contributed by atoms with Crippen LogP contribution in [-0.4, -0.2) is 35.4 Å². The number of para-hydroxylation sites is 1. The van der Waals surface area contributed by atoms with Gasteiger partial charge in [0.05, 0.1) is 12.1 Å². The number of phenolic OH excluding ortho intramolecular Hbond substituents is 1. The van der Waals surface area contributed by atoms with Crippen molar-refractivity contribution in [3.63, 3.8) is 0 Å². The number of hydrogen-bond donors (Lipinski definition) is 2. The minimum atomic E-state index is -0.347. The van der Waals surface area contributed by atoms with Crippen LogP contribution >= 0.6 is 0 Å². The number of anilines is 1. The summed E-state index contributed by atoms with van der Waals surface area (Å²) in [5.74, 6) is -0.617. The van der Waals surface area contributed by atoms with Crippen LogP contribution < -0.4 is 5.32 Å². The number of aryl methyl sites for hydroxylation is 3. The Bertz CT molecular complexity index is 861. The molecule has 2 amide bonds. The molecule has 0 aromatic heterocycles. The van der Waals surface area contributed by atoms with Crippen molar-refractivity contribution in [3.8, 4) is 5.75 Å². The molecular weight excluding hydrogens is 340 g/mol. The normalized spacial score (nSPS) is 13.0. The fourth-order valence-electron chi connectivity index (χ4n) is 3.58. The highest BCUT2D eigenvalue weighted by Gasteiger charge is 2.21. The van der Waals surface area contributed by atoms with Crippen molar-refractivity contribution in [2.75, 3.05) is 18.9 Å². The largest absolute Gasteiger partial charge is 0.507 e. The highest BCUT2D eigenvalue weighted by molar-refractivity contribution is 6.01. The van der Waals surface area contributed by atoms with E-state index < -0.39 is 0 Å². The van der Waals surface area contributed by atoms with Crippen molar-refractivity contribution in [2.24, 2.45) is 0 Å². The summed E-state index contributed by atoms with van der Waals surface area (Å²) >= 11 is 0. The second-order valence-electron chi connectivity index (χ2n) is 7.07. The van der Waals surface area contributed by atoms with E-state index in [1.165, 1.54) is 4.90 Å². The SMILES string of the molecule is CCc1ccccc1NC(=O)CN(C)C(=O)c1cc2c(cc1O)CCCC2. The lowest BCUT2D eigenvalue weighted by molar-refractivity contribution is -0.116. The van der Waals surface area contributed by atoms with Gasteiger partial charge in [-0.15, -0.1) is 0 Å². The molecule has 0 atom stereocenters. The van der Waals surface area contributed by atoms with Crippen molar-refractivity contribution < 1.29 is 14.7 Å². The number of carbonyl (C=O) groups excluding carboxylic acids is 2. The molecule has 0 aliphatic heterocycles. The molecule has 0 fully saturated rings. The van der Waals surface area contributed by atoms with E-state index in [4.69, 9.17) is 0 Å². The highest BCUT2D eigenvalue weighted by atomic mass is 16.3. The van der Waals surface area contributed by atoms with E-state index in [9.17, 15) is 14.7 Å². The molecule has 27 heavy (non-hydrogen) atoms. The lowest BCUT2D eigenvalue weighted by atomic mass is 9.89. The molecule has 1 aliphatic rings. The maximum absolute atomic E-state index is 12.7. The zero-order chi connectivity index (χ0) is 19.4. The lowest BCUT2D eigenvalue weighted by Crippen LogP contribution is -2.35. The molecule has 0 saturated carbocycles. The summed E-state index contributed by atoms with van der Waals surface area (Å²) in [6, 6.07) is 11.1. The maximum Gasteiger partial charge on any atom is 0.257 e. The zero-order valence-corrected chi connectivity index (χ0v) is 15.9. The molecule has 2 aromatic carbocycles. The molecule has 1 aliphatic carbocycles. The maximum atomic E-state index is 12.7. The summed E-state index contributed by atoms with van der Waals surface area (Å²) in [4.78, 5) is 26.5. The van der Waals surface area contributed by atoms with E-state index in [1.54, 1.807) is 19.2 Å². The minimum absolute atomic E-state index is 0.00997. The quantitative estimate of drug-likeness (QED) is 0.850. The Balaban J connectivity index is 1.69. The number of fused-ring (bicyclic) bond motifs is 1. The number of likely N-dealkylation sites (N-methyl/N-ethyl adjacent to an activating group) is 1. The average molecular weight is 366 g/mol. The Morgan fingerprint density at radius 1 is 1.11 bits per heavy atom. The number of aromatic hydroxyl groups is 1. The van der Waals surface area contributed by atoms with Crippen LogP contribution in [0.1, 0.15) is 46.8 Å². The molecule has 0 unspecified atom stereocenters. The third kappa shape index (κ3) is 4.30. The van der Waals surface area contributed by atoms with Crippen LogP contribution in [0, 0.1) is 0 Å². The Morgan fingerprint density at radius 2 is 1.78 bits per heavy atom. The smallest absolute Gasteiger partial charge is 0.257 e. The number of phenols is 1. The van der Waals surface area contributed by atoms with Crippen LogP contribution in [0.15, 0.2) is 36.4 Å². The molecule has 0 bridgehead atoms. The van der Waals surface area contributed by atoms with Crippen molar-refractivity contribution in [1.82, 2.24) is 4.90 Å². The summed E-state index contributed by atoms with van der Waals surface area (Å²) in [5.41, 5.74) is 4.32. The van der Waals surface area contributed by atoms with Crippen LogP contribution in [0.3, 0.4) is 0 Å². The van der Waals surface area contributed by atoms with E-state index >= 15 is 0 Å². The van der Waals surface area contributed by atoms with Crippen LogP contribution in [0.2, 0.25) is 0 Å². The molecule has 5 nitrogen and oxygen atoms in total. The van der Waals surface area contributed by atoms with E-state index in [0.29, 0.717) is 0 Å². The first-order valence-electron chi connectivity index (χ1n) is 9.47. The summed E-state index contributed by atoms with van der Waals surface area (Å²) in [5, 5.41) is 13.1. The van der Waals surface area contributed by atoms with Crippen molar-refractivity contribution in [2.45, 2.75) is 39.0 Å². The van der Waals surface area contributed by atoms with Gasteiger partial charge in [-0.2, -0.15) is 0 Å². The average Bonchev–Trinajstić information content (AvgIpc) is 2.67. The molecule has 0 radical (unpaired) electrons. The molecule has 0 saturated heterocycles. The molecule has 2 aromatic rings. The number of hydrogen-bond acceptors (Lipinski definition) is 3. The van der Waals surface area contributed by atoms with Gasteiger partial charge in [-0.25, -0.2) is 0 Å². The van der Waals surface area contributed by atoms with Crippen molar-refractivity contribution in [1.29, 1.82) is 0 Å². The molecule has 5 heteroatoms. The van der Waals surface area contributed by atoms with Gasteiger partial charge in [0.15, 0.2) is 0 Å². The molecule has 0 heterocycles. The van der Waals surface area contributed by atoms with Gasteiger partial charge in [0.2, 0.25) is 5.91 Å².